The number of benzene rings is 1. The highest BCUT2D eigenvalue weighted by Crippen LogP contribution is 2.30. The van der Waals surface area contributed by atoms with E-state index in [9.17, 15) is 19.2 Å². The van der Waals surface area contributed by atoms with Crippen LogP contribution in [0.1, 0.15) is 85.6 Å². The average molecular weight is 568 g/mol. The number of carbonyl (C=O) groups excluding carboxylic acids is 4. The molecule has 0 aliphatic heterocycles. The van der Waals surface area contributed by atoms with Crippen molar-refractivity contribution in [1.29, 1.82) is 0 Å². The lowest BCUT2D eigenvalue weighted by atomic mass is 9.97. The van der Waals surface area contributed by atoms with Crippen LogP contribution in [0.5, 0.6) is 11.5 Å². The van der Waals surface area contributed by atoms with Gasteiger partial charge in [-0.15, -0.1) is 0 Å². The van der Waals surface area contributed by atoms with E-state index in [0.29, 0.717) is 18.4 Å². The molecule has 2 atom stereocenters. The molecule has 0 radical (unpaired) electrons. The molecule has 0 bridgehead atoms. The van der Waals surface area contributed by atoms with Crippen LogP contribution in [-0.2, 0) is 35.0 Å². The lowest BCUT2D eigenvalue weighted by Crippen LogP contribution is -2.37. The number of rotatable bonds is 16. The summed E-state index contributed by atoms with van der Waals surface area (Å²) in [6, 6.07) is 3.34. The van der Waals surface area contributed by atoms with E-state index in [1.165, 1.54) is 12.1 Å². The van der Waals surface area contributed by atoms with Gasteiger partial charge in [-0.05, 0) is 64.7 Å². The number of hydrogen-bond acceptors (Lipinski definition) is 11. The Hall–Kier alpha value is -3.34. The first kappa shape index (κ1) is 34.7. The minimum absolute atomic E-state index is 0.0248. The highest BCUT2D eigenvalue weighted by atomic mass is 16.7. The van der Waals surface area contributed by atoms with Crippen LogP contribution in [0.15, 0.2) is 18.2 Å². The highest BCUT2D eigenvalue weighted by molar-refractivity contribution is 5.77. The van der Waals surface area contributed by atoms with Crippen molar-refractivity contribution < 1.29 is 47.6 Å². The van der Waals surface area contributed by atoms with Gasteiger partial charge in [-0.25, -0.2) is 9.59 Å². The van der Waals surface area contributed by atoms with Gasteiger partial charge in [0.15, 0.2) is 11.5 Å². The van der Waals surface area contributed by atoms with Crippen molar-refractivity contribution in [2.24, 2.45) is 11.1 Å². The Morgan fingerprint density at radius 2 is 1.38 bits per heavy atom. The minimum atomic E-state index is -1.06. The van der Waals surface area contributed by atoms with Crippen molar-refractivity contribution in [3.63, 3.8) is 0 Å². The molecular weight excluding hydrogens is 522 g/mol. The van der Waals surface area contributed by atoms with Crippen molar-refractivity contribution in [1.82, 2.24) is 0 Å². The van der Waals surface area contributed by atoms with Gasteiger partial charge in [-0.1, -0.05) is 45.6 Å². The van der Waals surface area contributed by atoms with Crippen LogP contribution in [0.4, 0.5) is 9.59 Å². The summed E-state index contributed by atoms with van der Waals surface area (Å²) in [6.07, 6.45) is 2.54. The van der Waals surface area contributed by atoms with Crippen LogP contribution >= 0.6 is 0 Å². The van der Waals surface area contributed by atoms with Gasteiger partial charge in [0, 0.05) is 0 Å². The molecule has 0 aliphatic rings. The summed E-state index contributed by atoms with van der Waals surface area (Å²) >= 11 is 0. The molecule has 1 aromatic carbocycles. The van der Waals surface area contributed by atoms with Crippen LogP contribution in [0.2, 0.25) is 0 Å². The van der Waals surface area contributed by atoms with Crippen molar-refractivity contribution in [3.05, 3.63) is 23.8 Å². The first-order chi connectivity index (χ1) is 18.9. The molecule has 0 saturated heterocycles. The fourth-order valence-corrected chi connectivity index (χ4v) is 3.16. The molecule has 0 fully saturated rings. The standard InChI is InChI=1S/C29H45NO10/c1-7-9-11-15-35-27(33)39-23-14-13-21(18-24(23)40-28(34)36-16-12-10-8-2)17-22(30)25(31)38-20(3)19-37-26(32)29(4,5)6/h13-14,18,20,22H,7-12,15-17,19,30H2,1-6H3/t20-,22-/m0/s1. The Morgan fingerprint density at radius 3 is 1.90 bits per heavy atom. The molecule has 0 unspecified atom stereocenters. The topological polar surface area (TPSA) is 150 Å². The molecule has 40 heavy (non-hydrogen) atoms. The number of esters is 2. The molecule has 0 aromatic heterocycles. The van der Waals surface area contributed by atoms with E-state index in [2.05, 4.69) is 0 Å². The summed E-state index contributed by atoms with van der Waals surface area (Å²) in [5.41, 5.74) is 5.88. The summed E-state index contributed by atoms with van der Waals surface area (Å²) in [5.74, 6) is -1.26. The molecule has 1 rings (SSSR count). The number of ether oxygens (including phenoxy) is 6. The summed E-state index contributed by atoms with van der Waals surface area (Å²) in [6.45, 7) is 11.1. The summed E-state index contributed by atoms with van der Waals surface area (Å²) in [7, 11) is 0. The fraction of sp³-hybridized carbons (Fsp3) is 0.655. The van der Waals surface area contributed by atoms with E-state index >= 15 is 0 Å². The first-order valence-electron chi connectivity index (χ1n) is 13.8. The Balaban J connectivity index is 2.86. The molecule has 0 saturated carbocycles. The Labute approximate surface area is 236 Å². The Morgan fingerprint density at radius 1 is 0.825 bits per heavy atom. The molecule has 2 N–H and O–H groups in total. The fourth-order valence-electron chi connectivity index (χ4n) is 3.16. The van der Waals surface area contributed by atoms with Crippen LogP contribution in [0.25, 0.3) is 0 Å². The SMILES string of the molecule is CCCCCOC(=O)Oc1ccc(C[C@H](N)C(=O)O[C@@H](C)COC(=O)C(C)(C)C)cc1OC(=O)OCCCCC. The number of nitrogens with two attached hydrogens (primary N) is 1. The normalized spacial score (nSPS) is 12.6. The van der Waals surface area contributed by atoms with Crippen LogP contribution < -0.4 is 15.2 Å². The molecule has 0 spiro atoms. The zero-order valence-corrected chi connectivity index (χ0v) is 24.6. The maximum Gasteiger partial charge on any atom is 0.513 e. The number of hydrogen-bond donors (Lipinski definition) is 1. The van der Waals surface area contributed by atoms with Crippen molar-refractivity contribution in [3.8, 4) is 11.5 Å². The first-order valence-corrected chi connectivity index (χ1v) is 13.8. The third kappa shape index (κ3) is 14.2. The second kappa shape index (κ2) is 18.1. The van der Waals surface area contributed by atoms with Gasteiger partial charge in [0.05, 0.1) is 18.6 Å². The largest absolute Gasteiger partial charge is 0.513 e. The molecule has 11 heteroatoms. The van der Waals surface area contributed by atoms with Gasteiger partial charge < -0.3 is 34.2 Å². The van der Waals surface area contributed by atoms with E-state index < -0.39 is 41.8 Å². The van der Waals surface area contributed by atoms with E-state index in [-0.39, 0.29) is 37.7 Å². The summed E-state index contributed by atoms with van der Waals surface area (Å²) < 4.78 is 31.2. The summed E-state index contributed by atoms with van der Waals surface area (Å²) in [5, 5.41) is 0. The maximum absolute atomic E-state index is 12.5. The van der Waals surface area contributed by atoms with E-state index in [0.717, 1.165) is 25.7 Å². The lowest BCUT2D eigenvalue weighted by molar-refractivity contribution is -0.163. The number of carbonyl (C=O) groups is 4. The van der Waals surface area contributed by atoms with Gasteiger partial charge in [-0.3, -0.25) is 9.59 Å². The second-order valence-electron chi connectivity index (χ2n) is 10.5. The Kier molecular flexibility index (Phi) is 15.7. The molecular formula is C29H45NO10. The van der Waals surface area contributed by atoms with Crippen molar-refractivity contribution >= 4 is 24.2 Å². The molecule has 0 heterocycles. The van der Waals surface area contributed by atoms with E-state index in [1.807, 2.05) is 13.8 Å². The predicted octanol–water partition coefficient (Wildman–Crippen LogP) is 5.49. The van der Waals surface area contributed by atoms with Crippen molar-refractivity contribution in [2.75, 3.05) is 19.8 Å². The lowest BCUT2D eigenvalue weighted by Gasteiger charge is -2.20. The molecule has 226 valence electrons. The van der Waals surface area contributed by atoms with Gasteiger partial charge in [-0.2, -0.15) is 0 Å². The zero-order chi connectivity index (χ0) is 30.1. The maximum atomic E-state index is 12.5. The van der Waals surface area contributed by atoms with Gasteiger partial charge in [0.25, 0.3) is 0 Å². The number of unbranched alkanes of at least 4 members (excludes halogenated alkanes) is 4. The van der Waals surface area contributed by atoms with Crippen LogP contribution in [-0.4, -0.2) is 56.2 Å². The van der Waals surface area contributed by atoms with Crippen LogP contribution in [0, 0.1) is 5.41 Å². The van der Waals surface area contributed by atoms with Gasteiger partial charge in [0.2, 0.25) is 0 Å². The van der Waals surface area contributed by atoms with E-state index in [1.54, 1.807) is 33.8 Å². The van der Waals surface area contributed by atoms with Gasteiger partial charge >= 0.3 is 24.2 Å². The zero-order valence-electron chi connectivity index (χ0n) is 24.6. The quantitative estimate of drug-likeness (QED) is 0.117. The molecule has 11 nitrogen and oxygen atoms in total. The van der Waals surface area contributed by atoms with E-state index in [4.69, 9.17) is 34.2 Å². The molecule has 1 aromatic rings. The third-order valence-electron chi connectivity index (χ3n) is 5.47. The molecule has 0 amide bonds. The minimum Gasteiger partial charge on any atom is -0.461 e. The Bertz CT molecular complexity index is 957. The summed E-state index contributed by atoms with van der Waals surface area (Å²) in [4.78, 5) is 48.8. The second-order valence-corrected chi connectivity index (χ2v) is 10.5. The molecule has 0 aliphatic carbocycles. The highest BCUT2D eigenvalue weighted by Gasteiger charge is 2.25. The predicted molar refractivity (Wildman–Crippen MR) is 147 cm³/mol. The third-order valence-corrected chi connectivity index (χ3v) is 5.47. The van der Waals surface area contributed by atoms with Gasteiger partial charge in [0.1, 0.15) is 18.8 Å². The smallest absolute Gasteiger partial charge is 0.461 e. The van der Waals surface area contributed by atoms with Crippen LogP contribution in [0.3, 0.4) is 0 Å². The monoisotopic (exact) mass is 567 g/mol. The van der Waals surface area contributed by atoms with Crippen molar-refractivity contribution in [2.45, 2.75) is 98.6 Å². The average Bonchev–Trinajstić information content (AvgIpc) is 2.88.